The fraction of sp³-hybridized carbons (Fsp3) is 0.708. The topological polar surface area (TPSA) is 64.6 Å². The van der Waals surface area contributed by atoms with Crippen LogP contribution in [0, 0.1) is 17.7 Å². The van der Waals surface area contributed by atoms with Gasteiger partial charge in [-0.05, 0) is 50.6 Å². The second-order valence-electron chi connectivity index (χ2n) is 9.21. The lowest BCUT2D eigenvalue weighted by Gasteiger charge is -2.29. The Hall–Kier alpha value is -1.37. The predicted molar refractivity (Wildman–Crippen MR) is 123 cm³/mol. The number of carbonyl (C=O) groups is 1. The van der Waals surface area contributed by atoms with E-state index >= 15 is 0 Å². The van der Waals surface area contributed by atoms with Crippen molar-refractivity contribution in [3.05, 3.63) is 34.6 Å². The number of carbonyl (C=O) groups excluding carboxylic acids is 1. The van der Waals surface area contributed by atoms with Crippen LogP contribution in [0.4, 0.5) is 9.18 Å². The summed E-state index contributed by atoms with van der Waals surface area (Å²) in [6.45, 7) is 1.99. The molecule has 0 radical (unpaired) electrons. The van der Waals surface area contributed by atoms with Crippen LogP contribution in [0.2, 0.25) is 5.02 Å². The molecule has 3 N–H and O–H groups in total. The van der Waals surface area contributed by atoms with Gasteiger partial charge in [-0.1, -0.05) is 55.8 Å². The van der Waals surface area contributed by atoms with Gasteiger partial charge in [-0.2, -0.15) is 0 Å². The Labute approximate surface area is 190 Å². The maximum absolute atomic E-state index is 14.3. The number of rotatable bonds is 7. The van der Waals surface area contributed by atoms with E-state index in [1.807, 2.05) is 11.9 Å². The summed E-state index contributed by atoms with van der Waals surface area (Å²) in [5.41, 5.74) is 0.247. The molecular weight excluding hydrogens is 417 g/mol. The third-order valence-corrected chi connectivity index (χ3v) is 7.22. The van der Waals surface area contributed by atoms with Crippen molar-refractivity contribution in [2.45, 2.75) is 69.9 Å². The smallest absolute Gasteiger partial charge is 0.317 e. The molecule has 1 aliphatic heterocycles. The average Bonchev–Trinajstić information content (AvgIpc) is 3.02. The van der Waals surface area contributed by atoms with Crippen LogP contribution < -0.4 is 10.6 Å². The number of amides is 2. The number of aliphatic hydroxyl groups is 1. The zero-order valence-corrected chi connectivity index (χ0v) is 19.3. The number of nitrogens with zero attached hydrogens (tertiary/aromatic N) is 1. The van der Waals surface area contributed by atoms with Crippen LogP contribution in [0.5, 0.6) is 0 Å². The Bertz CT molecular complexity index is 714. The molecule has 0 spiro atoms. The van der Waals surface area contributed by atoms with Crippen molar-refractivity contribution >= 4 is 17.6 Å². The lowest BCUT2D eigenvalue weighted by atomic mass is 9.85. The Morgan fingerprint density at radius 1 is 1.19 bits per heavy atom. The summed E-state index contributed by atoms with van der Waals surface area (Å²) in [4.78, 5) is 14.8. The molecule has 3 atom stereocenters. The van der Waals surface area contributed by atoms with Crippen LogP contribution in [-0.4, -0.2) is 48.8 Å². The lowest BCUT2D eigenvalue weighted by molar-refractivity contribution is 0.0954. The number of benzene rings is 1. The number of hydrogen-bond donors (Lipinski definition) is 3. The van der Waals surface area contributed by atoms with Gasteiger partial charge in [0.1, 0.15) is 5.82 Å². The van der Waals surface area contributed by atoms with Gasteiger partial charge < -0.3 is 20.6 Å². The molecule has 0 aromatic heterocycles. The van der Waals surface area contributed by atoms with E-state index < -0.39 is 11.9 Å². The second-order valence-corrected chi connectivity index (χ2v) is 9.62. The number of aliphatic hydroxyl groups excluding tert-OH is 1. The molecule has 0 bridgehead atoms. The van der Waals surface area contributed by atoms with E-state index in [1.54, 1.807) is 12.1 Å². The minimum Gasteiger partial charge on any atom is -0.388 e. The number of halogens is 2. The third-order valence-electron chi connectivity index (χ3n) is 6.93. The fourth-order valence-corrected chi connectivity index (χ4v) is 5.36. The van der Waals surface area contributed by atoms with Crippen molar-refractivity contribution in [3.8, 4) is 0 Å². The molecule has 7 heteroatoms. The van der Waals surface area contributed by atoms with Gasteiger partial charge in [-0.3, -0.25) is 0 Å². The van der Waals surface area contributed by atoms with E-state index in [1.165, 1.54) is 38.2 Å². The van der Waals surface area contributed by atoms with Gasteiger partial charge in [-0.15, -0.1) is 0 Å². The molecule has 1 heterocycles. The van der Waals surface area contributed by atoms with Crippen molar-refractivity contribution in [3.63, 3.8) is 0 Å². The molecule has 1 aromatic carbocycles. The van der Waals surface area contributed by atoms with Gasteiger partial charge in [0.15, 0.2) is 0 Å². The Kier molecular flexibility index (Phi) is 9.42. The summed E-state index contributed by atoms with van der Waals surface area (Å²) in [5.74, 6) is 0.0536. The first kappa shape index (κ1) is 24.3. The molecule has 1 aliphatic carbocycles. The fourth-order valence-electron chi connectivity index (χ4n) is 5.17. The van der Waals surface area contributed by atoms with Crippen LogP contribution in [0.1, 0.15) is 69.5 Å². The summed E-state index contributed by atoms with van der Waals surface area (Å²) in [6, 6.07) is 4.84. The van der Waals surface area contributed by atoms with Crippen LogP contribution >= 0.6 is 11.6 Å². The Balaban J connectivity index is 1.54. The number of likely N-dealkylation sites (N-methyl/N-ethyl adjacent to an activating group) is 1. The summed E-state index contributed by atoms with van der Waals surface area (Å²) in [7, 11) is 1.92. The summed E-state index contributed by atoms with van der Waals surface area (Å²) >= 11 is 5.89. The van der Waals surface area contributed by atoms with Crippen molar-refractivity contribution in [2.24, 2.45) is 11.8 Å². The normalized spacial score (nSPS) is 22.6. The first-order valence-electron chi connectivity index (χ1n) is 11.8. The Morgan fingerprint density at radius 3 is 2.71 bits per heavy atom. The molecule has 5 nitrogen and oxygen atoms in total. The first-order valence-corrected chi connectivity index (χ1v) is 12.2. The second kappa shape index (κ2) is 12.0. The van der Waals surface area contributed by atoms with E-state index in [9.17, 15) is 14.3 Å². The highest BCUT2D eigenvalue weighted by atomic mass is 35.5. The quantitative estimate of drug-likeness (QED) is 0.551. The number of nitrogens with one attached hydrogen (secondary N) is 2. The van der Waals surface area contributed by atoms with Gasteiger partial charge in [0, 0.05) is 31.2 Å². The van der Waals surface area contributed by atoms with Crippen LogP contribution in [-0.2, 0) is 0 Å². The maximum atomic E-state index is 14.3. The van der Waals surface area contributed by atoms with E-state index in [0.29, 0.717) is 25.4 Å². The van der Waals surface area contributed by atoms with E-state index in [0.717, 1.165) is 25.8 Å². The molecule has 1 saturated carbocycles. The van der Waals surface area contributed by atoms with E-state index in [-0.39, 0.29) is 28.6 Å². The van der Waals surface area contributed by atoms with Gasteiger partial charge in [-0.25, -0.2) is 9.18 Å². The highest BCUT2D eigenvalue weighted by Gasteiger charge is 2.29. The molecule has 1 saturated heterocycles. The zero-order chi connectivity index (χ0) is 22.2. The largest absolute Gasteiger partial charge is 0.388 e. The minimum atomic E-state index is -0.912. The molecule has 2 fully saturated rings. The number of hydrogen-bond acceptors (Lipinski definition) is 3. The summed E-state index contributed by atoms with van der Waals surface area (Å²) in [6.07, 6.45) is 8.75. The third kappa shape index (κ3) is 6.80. The average molecular weight is 454 g/mol. The van der Waals surface area contributed by atoms with E-state index in [4.69, 9.17) is 11.6 Å². The molecule has 174 valence electrons. The van der Waals surface area contributed by atoms with Crippen molar-refractivity contribution in [1.29, 1.82) is 0 Å². The van der Waals surface area contributed by atoms with Gasteiger partial charge in [0.2, 0.25) is 0 Å². The molecule has 1 aromatic rings. The number of likely N-dealkylation sites (tertiary alicyclic amines) is 1. The van der Waals surface area contributed by atoms with Crippen LogP contribution in [0.25, 0.3) is 0 Å². The van der Waals surface area contributed by atoms with Crippen molar-refractivity contribution in [2.75, 3.05) is 26.7 Å². The molecule has 3 unspecified atom stereocenters. The molecular formula is C24H37ClFN3O2. The molecule has 2 aliphatic rings. The van der Waals surface area contributed by atoms with Gasteiger partial charge in [0.05, 0.1) is 11.1 Å². The highest BCUT2D eigenvalue weighted by molar-refractivity contribution is 6.30. The SMILES string of the molecule is CNCC(CC1CCCCC1)NC(=O)N1CCCC(C(O)c2cccc(Cl)c2F)CC1. The first-order chi connectivity index (χ1) is 15.0. The van der Waals surface area contributed by atoms with E-state index in [2.05, 4.69) is 10.6 Å². The molecule has 2 amide bonds. The van der Waals surface area contributed by atoms with Crippen LogP contribution in [0.3, 0.4) is 0 Å². The summed E-state index contributed by atoms with van der Waals surface area (Å²) < 4.78 is 14.3. The molecule has 3 rings (SSSR count). The monoisotopic (exact) mass is 453 g/mol. The predicted octanol–water partition coefficient (Wildman–Crippen LogP) is 4.88. The molecule has 31 heavy (non-hydrogen) atoms. The lowest BCUT2D eigenvalue weighted by Crippen LogP contribution is -2.49. The maximum Gasteiger partial charge on any atom is 0.317 e. The Morgan fingerprint density at radius 2 is 1.97 bits per heavy atom. The van der Waals surface area contributed by atoms with Crippen molar-refractivity contribution in [1.82, 2.24) is 15.5 Å². The van der Waals surface area contributed by atoms with Gasteiger partial charge in [0.25, 0.3) is 0 Å². The minimum absolute atomic E-state index is 0.0275. The number of urea groups is 1. The highest BCUT2D eigenvalue weighted by Crippen LogP contribution is 2.34. The standard InChI is InChI=1S/C24H37ClFN3O2/c1-27-16-19(15-17-7-3-2-4-8-17)28-24(31)29-13-6-9-18(12-14-29)23(30)20-10-5-11-21(25)22(20)26/h5,10-11,17-19,23,27,30H,2-4,6-9,12-16H2,1H3,(H,28,31). The van der Waals surface area contributed by atoms with Crippen LogP contribution in [0.15, 0.2) is 18.2 Å². The van der Waals surface area contributed by atoms with Crippen molar-refractivity contribution < 1.29 is 14.3 Å². The van der Waals surface area contributed by atoms with Gasteiger partial charge >= 0.3 is 6.03 Å². The zero-order valence-electron chi connectivity index (χ0n) is 18.6. The summed E-state index contributed by atoms with van der Waals surface area (Å²) in [5, 5.41) is 17.3.